The van der Waals surface area contributed by atoms with Crippen molar-refractivity contribution < 1.29 is 22.7 Å². The Bertz CT molecular complexity index is 964. The molecular formula is C21H26N2O5S. The highest BCUT2D eigenvalue weighted by Gasteiger charge is 2.33. The number of hydrogen-bond acceptors (Lipinski definition) is 5. The lowest BCUT2D eigenvalue weighted by Gasteiger charge is -2.18. The maximum atomic E-state index is 12.7. The first-order valence-corrected chi connectivity index (χ1v) is 10.9. The molecule has 0 aliphatic heterocycles. The van der Waals surface area contributed by atoms with E-state index in [1.807, 2.05) is 32.0 Å². The molecule has 2 amide bonds. The average Bonchev–Trinajstić information content (AvgIpc) is 2.65. The molecule has 8 heteroatoms. The van der Waals surface area contributed by atoms with Crippen LogP contribution in [0.15, 0.2) is 42.5 Å². The molecule has 0 bridgehead atoms. The largest absolute Gasteiger partial charge is 0.497 e. The Morgan fingerprint density at radius 3 is 2.10 bits per heavy atom. The molecule has 7 nitrogen and oxygen atoms in total. The van der Waals surface area contributed by atoms with Crippen LogP contribution in [0.25, 0.3) is 0 Å². The van der Waals surface area contributed by atoms with E-state index in [0.29, 0.717) is 17.1 Å². The second-order valence-electron chi connectivity index (χ2n) is 6.74. The van der Waals surface area contributed by atoms with Crippen LogP contribution in [0.5, 0.6) is 5.75 Å². The summed E-state index contributed by atoms with van der Waals surface area (Å²) >= 11 is 0. The van der Waals surface area contributed by atoms with Gasteiger partial charge in [-0.05, 0) is 55.7 Å². The quantitative estimate of drug-likeness (QED) is 0.686. The van der Waals surface area contributed by atoms with Gasteiger partial charge in [-0.15, -0.1) is 0 Å². The molecule has 0 saturated heterocycles. The van der Waals surface area contributed by atoms with E-state index in [1.165, 1.54) is 7.11 Å². The molecule has 0 spiro atoms. The van der Waals surface area contributed by atoms with Crippen LogP contribution in [-0.4, -0.2) is 38.3 Å². The Kier molecular flexibility index (Phi) is 7.39. The number of methoxy groups -OCH3 is 1. The van der Waals surface area contributed by atoms with Crippen molar-refractivity contribution in [3.63, 3.8) is 0 Å². The molecule has 2 N–H and O–H groups in total. The third kappa shape index (κ3) is 5.80. The molecule has 1 unspecified atom stereocenters. The Balaban J connectivity index is 2.09. The Morgan fingerprint density at radius 1 is 1.00 bits per heavy atom. The zero-order valence-electron chi connectivity index (χ0n) is 17.0. The van der Waals surface area contributed by atoms with Gasteiger partial charge in [0.05, 0.1) is 7.11 Å². The molecule has 0 saturated carbocycles. The van der Waals surface area contributed by atoms with Crippen molar-refractivity contribution in [1.29, 1.82) is 0 Å². The first-order valence-electron chi connectivity index (χ1n) is 9.20. The van der Waals surface area contributed by atoms with Crippen LogP contribution in [0.3, 0.4) is 0 Å². The number of carbonyl (C=O) groups excluding carboxylic acids is 2. The number of para-hydroxylation sites is 1. The van der Waals surface area contributed by atoms with Crippen molar-refractivity contribution in [3.05, 3.63) is 53.6 Å². The van der Waals surface area contributed by atoms with Crippen LogP contribution >= 0.6 is 0 Å². The van der Waals surface area contributed by atoms with Crippen LogP contribution < -0.4 is 15.4 Å². The van der Waals surface area contributed by atoms with E-state index in [9.17, 15) is 18.0 Å². The number of carbonyl (C=O) groups is 2. The van der Waals surface area contributed by atoms with E-state index in [4.69, 9.17) is 4.74 Å². The van der Waals surface area contributed by atoms with Crippen LogP contribution in [0.4, 0.5) is 11.4 Å². The second kappa shape index (κ2) is 9.56. The fraction of sp³-hybridized carbons (Fsp3) is 0.333. The minimum atomic E-state index is -4.00. The highest BCUT2D eigenvalue weighted by molar-refractivity contribution is 7.93. The number of aryl methyl sites for hydroxylation is 2. The van der Waals surface area contributed by atoms with Crippen LogP contribution in [-0.2, 0) is 19.4 Å². The van der Waals surface area contributed by atoms with Gasteiger partial charge in [0.25, 0.3) is 0 Å². The summed E-state index contributed by atoms with van der Waals surface area (Å²) in [4.78, 5) is 24.9. The van der Waals surface area contributed by atoms with Crippen molar-refractivity contribution in [1.82, 2.24) is 0 Å². The fourth-order valence-corrected chi connectivity index (χ4v) is 4.50. The molecule has 0 radical (unpaired) electrons. The van der Waals surface area contributed by atoms with E-state index in [2.05, 4.69) is 10.6 Å². The number of nitrogens with one attached hydrogen (secondary N) is 2. The van der Waals surface area contributed by atoms with E-state index in [1.54, 1.807) is 31.2 Å². The van der Waals surface area contributed by atoms with E-state index in [-0.39, 0.29) is 6.42 Å². The van der Waals surface area contributed by atoms with Gasteiger partial charge in [0, 0.05) is 11.4 Å². The minimum absolute atomic E-state index is 0.0644. The van der Waals surface area contributed by atoms with Crippen LogP contribution in [0.2, 0.25) is 0 Å². The molecule has 29 heavy (non-hydrogen) atoms. The van der Waals surface area contributed by atoms with Crippen molar-refractivity contribution in [2.75, 3.05) is 23.5 Å². The molecule has 0 aliphatic rings. The van der Waals surface area contributed by atoms with Crippen molar-refractivity contribution in [2.45, 2.75) is 32.4 Å². The fourth-order valence-electron chi connectivity index (χ4n) is 2.97. The lowest BCUT2D eigenvalue weighted by atomic mass is 10.1. The molecule has 0 aromatic heterocycles. The Hall–Kier alpha value is -2.87. The predicted molar refractivity (Wildman–Crippen MR) is 114 cm³/mol. The van der Waals surface area contributed by atoms with Crippen molar-refractivity contribution >= 4 is 33.0 Å². The standard InChI is InChI=1S/C21H26N2O5S/c1-5-18(21(25)23-20-14(2)7-6-8-15(20)3)29(26,27)13-19(24)22-16-9-11-17(28-4)12-10-16/h6-12,18H,5,13H2,1-4H3,(H,22,24)(H,23,25). The lowest BCUT2D eigenvalue weighted by Crippen LogP contribution is -2.39. The highest BCUT2D eigenvalue weighted by atomic mass is 32.2. The third-order valence-electron chi connectivity index (χ3n) is 4.53. The normalized spacial score (nSPS) is 12.1. The van der Waals surface area contributed by atoms with Crippen LogP contribution in [0, 0.1) is 13.8 Å². The summed E-state index contributed by atoms with van der Waals surface area (Å²) in [7, 11) is -2.48. The molecule has 2 rings (SSSR count). The predicted octanol–water partition coefficient (Wildman–Crippen LogP) is 3.08. The maximum absolute atomic E-state index is 12.7. The van der Waals surface area contributed by atoms with Gasteiger partial charge in [0.15, 0.2) is 9.84 Å². The molecule has 2 aromatic carbocycles. The van der Waals surface area contributed by atoms with Gasteiger partial charge in [-0.1, -0.05) is 25.1 Å². The number of anilines is 2. The molecule has 0 fully saturated rings. The molecule has 0 heterocycles. The number of benzene rings is 2. The van der Waals surface area contributed by atoms with Gasteiger partial charge in [0.2, 0.25) is 11.8 Å². The zero-order chi connectivity index (χ0) is 21.6. The molecule has 2 aromatic rings. The summed E-state index contributed by atoms with van der Waals surface area (Å²) in [5.74, 6) is -1.50. The SMILES string of the molecule is CCC(C(=O)Nc1c(C)cccc1C)S(=O)(=O)CC(=O)Nc1ccc(OC)cc1. The highest BCUT2D eigenvalue weighted by Crippen LogP contribution is 2.21. The van der Waals surface area contributed by atoms with E-state index >= 15 is 0 Å². The molecule has 156 valence electrons. The summed E-state index contributed by atoms with van der Waals surface area (Å²) in [6.45, 7) is 5.27. The van der Waals surface area contributed by atoms with E-state index < -0.39 is 32.7 Å². The first kappa shape index (κ1) is 22.4. The third-order valence-corrected chi connectivity index (χ3v) is 6.61. The van der Waals surface area contributed by atoms with Crippen molar-refractivity contribution in [2.24, 2.45) is 0 Å². The first-order chi connectivity index (χ1) is 13.7. The van der Waals surface area contributed by atoms with Gasteiger partial charge < -0.3 is 15.4 Å². The number of amides is 2. The monoisotopic (exact) mass is 418 g/mol. The average molecular weight is 419 g/mol. The summed E-state index contributed by atoms with van der Waals surface area (Å²) in [6.07, 6.45) is 0.0644. The number of hydrogen-bond donors (Lipinski definition) is 2. The van der Waals surface area contributed by atoms with Gasteiger partial charge in [-0.25, -0.2) is 8.42 Å². The lowest BCUT2D eigenvalue weighted by molar-refractivity contribution is -0.115. The summed E-state index contributed by atoms with van der Waals surface area (Å²) < 4.78 is 30.5. The van der Waals surface area contributed by atoms with Crippen LogP contribution in [0.1, 0.15) is 24.5 Å². The minimum Gasteiger partial charge on any atom is -0.497 e. The van der Waals surface area contributed by atoms with Gasteiger partial charge in [0.1, 0.15) is 16.8 Å². The number of sulfone groups is 1. The zero-order valence-corrected chi connectivity index (χ0v) is 17.8. The van der Waals surface area contributed by atoms with Crippen molar-refractivity contribution in [3.8, 4) is 5.75 Å². The smallest absolute Gasteiger partial charge is 0.242 e. The summed E-state index contributed by atoms with van der Waals surface area (Å²) in [5, 5.41) is 3.92. The molecular weight excluding hydrogens is 392 g/mol. The van der Waals surface area contributed by atoms with E-state index in [0.717, 1.165) is 11.1 Å². The van der Waals surface area contributed by atoms with Gasteiger partial charge in [-0.2, -0.15) is 0 Å². The number of rotatable bonds is 8. The molecule has 1 atom stereocenters. The summed E-state index contributed by atoms with van der Waals surface area (Å²) in [5.41, 5.74) is 2.71. The molecule has 0 aliphatic carbocycles. The Labute approximate surface area is 171 Å². The Morgan fingerprint density at radius 2 is 1.59 bits per heavy atom. The topological polar surface area (TPSA) is 102 Å². The number of ether oxygens (including phenoxy) is 1. The second-order valence-corrected chi connectivity index (χ2v) is 8.92. The van der Waals surface area contributed by atoms with Gasteiger partial charge in [-0.3, -0.25) is 9.59 Å². The maximum Gasteiger partial charge on any atom is 0.242 e. The summed E-state index contributed by atoms with van der Waals surface area (Å²) in [6, 6.07) is 12.0. The van der Waals surface area contributed by atoms with Gasteiger partial charge >= 0.3 is 0 Å².